The number of amides is 1. The van der Waals surface area contributed by atoms with Crippen molar-refractivity contribution in [3.63, 3.8) is 0 Å². The first-order valence-corrected chi connectivity index (χ1v) is 8.76. The summed E-state index contributed by atoms with van der Waals surface area (Å²) < 4.78 is 5.84. The Balaban J connectivity index is 1.79. The second-order valence-corrected chi connectivity index (χ2v) is 6.12. The molecular formula is C19H18N4O3S. The summed E-state index contributed by atoms with van der Waals surface area (Å²) in [6.07, 6.45) is 1.52. The highest BCUT2D eigenvalue weighted by atomic mass is 32.1. The number of aromatic amines is 2. The number of aromatic nitrogens is 2. The van der Waals surface area contributed by atoms with E-state index in [1.54, 1.807) is 6.21 Å². The van der Waals surface area contributed by atoms with Crippen molar-refractivity contribution < 1.29 is 9.53 Å². The smallest absolute Gasteiger partial charge is 0.251 e. The van der Waals surface area contributed by atoms with Crippen molar-refractivity contribution in [1.82, 2.24) is 15.4 Å². The van der Waals surface area contributed by atoms with Gasteiger partial charge in [-0.15, -0.1) is 0 Å². The zero-order valence-electron chi connectivity index (χ0n) is 14.6. The number of carbonyl (C=O) groups is 1. The summed E-state index contributed by atoms with van der Waals surface area (Å²) in [6.45, 7) is 2.43. The van der Waals surface area contributed by atoms with Crippen LogP contribution in [-0.4, -0.2) is 28.7 Å². The van der Waals surface area contributed by atoms with Crippen LogP contribution in [0.1, 0.15) is 18.2 Å². The van der Waals surface area contributed by atoms with Crippen LogP contribution in [-0.2, 0) is 11.2 Å². The lowest BCUT2D eigenvalue weighted by Gasteiger charge is -2.10. The second-order valence-electron chi connectivity index (χ2n) is 5.71. The monoisotopic (exact) mass is 382 g/mol. The van der Waals surface area contributed by atoms with Gasteiger partial charge < -0.3 is 9.72 Å². The summed E-state index contributed by atoms with van der Waals surface area (Å²) in [6, 6.07) is 13.0. The van der Waals surface area contributed by atoms with E-state index < -0.39 is 0 Å². The van der Waals surface area contributed by atoms with E-state index in [0.29, 0.717) is 18.1 Å². The number of H-pyrrole nitrogens is 2. The van der Waals surface area contributed by atoms with Crippen LogP contribution in [0.25, 0.3) is 10.8 Å². The molecule has 0 fully saturated rings. The molecule has 0 saturated heterocycles. The molecule has 7 nitrogen and oxygen atoms in total. The number of ether oxygens (including phenoxy) is 1. The molecular weight excluding hydrogens is 364 g/mol. The van der Waals surface area contributed by atoms with Crippen molar-refractivity contribution in [2.45, 2.75) is 13.3 Å². The van der Waals surface area contributed by atoms with Crippen LogP contribution in [0.2, 0.25) is 0 Å². The van der Waals surface area contributed by atoms with Crippen LogP contribution in [0.15, 0.2) is 52.4 Å². The fourth-order valence-electron chi connectivity index (χ4n) is 2.69. The number of carbonyl (C=O) groups excluding carboxylic acids is 1. The summed E-state index contributed by atoms with van der Waals surface area (Å²) in [5.74, 6) is 0.313. The zero-order valence-corrected chi connectivity index (χ0v) is 15.4. The molecule has 1 amide bonds. The largest absolute Gasteiger partial charge is 0.493 e. The van der Waals surface area contributed by atoms with E-state index in [2.05, 4.69) is 20.5 Å². The number of hydrazone groups is 1. The van der Waals surface area contributed by atoms with Crippen LogP contribution >= 0.6 is 12.2 Å². The molecule has 27 heavy (non-hydrogen) atoms. The summed E-state index contributed by atoms with van der Waals surface area (Å²) >= 11 is 4.89. The van der Waals surface area contributed by atoms with E-state index >= 15 is 0 Å². The standard InChI is InChI=1S/C19H18N4O3S/c1-2-26-16-8-7-12-5-3-4-6-14(12)15(16)11-20-23-18(25)10-13-9-17(24)22-19(27)21-13/h3-9,11H,2,10H2,1H3,(H,23,25)(H2,21,22,24,27)/b20-11-. The van der Waals surface area contributed by atoms with Crippen molar-refractivity contribution >= 4 is 35.1 Å². The Kier molecular flexibility index (Phi) is 5.77. The van der Waals surface area contributed by atoms with Crippen molar-refractivity contribution in [3.8, 4) is 5.75 Å². The molecule has 138 valence electrons. The van der Waals surface area contributed by atoms with Gasteiger partial charge in [-0.05, 0) is 36.0 Å². The first-order chi connectivity index (χ1) is 13.1. The molecule has 0 aliphatic carbocycles. The lowest BCUT2D eigenvalue weighted by molar-refractivity contribution is -0.120. The van der Waals surface area contributed by atoms with E-state index in [0.717, 1.165) is 16.3 Å². The maximum atomic E-state index is 12.1. The zero-order chi connectivity index (χ0) is 19.2. The Morgan fingerprint density at radius 3 is 2.85 bits per heavy atom. The minimum absolute atomic E-state index is 0.0429. The number of nitrogens with one attached hydrogen (secondary N) is 3. The molecule has 2 aromatic carbocycles. The maximum absolute atomic E-state index is 12.1. The van der Waals surface area contributed by atoms with Gasteiger partial charge in [0.25, 0.3) is 5.56 Å². The van der Waals surface area contributed by atoms with E-state index in [9.17, 15) is 9.59 Å². The Hall–Kier alpha value is -3.26. The minimum Gasteiger partial charge on any atom is -0.493 e. The van der Waals surface area contributed by atoms with Gasteiger partial charge in [-0.25, -0.2) is 5.43 Å². The maximum Gasteiger partial charge on any atom is 0.251 e. The molecule has 3 aromatic rings. The highest BCUT2D eigenvalue weighted by molar-refractivity contribution is 7.71. The summed E-state index contributed by atoms with van der Waals surface area (Å²) in [5.41, 5.74) is 3.30. The Morgan fingerprint density at radius 1 is 1.26 bits per heavy atom. The van der Waals surface area contributed by atoms with Crippen molar-refractivity contribution in [2.24, 2.45) is 5.10 Å². The fourth-order valence-corrected chi connectivity index (χ4v) is 2.92. The lowest BCUT2D eigenvalue weighted by atomic mass is 10.0. The van der Waals surface area contributed by atoms with Crippen LogP contribution < -0.4 is 15.7 Å². The third kappa shape index (κ3) is 4.68. The number of fused-ring (bicyclic) bond motifs is 1. The molecule has 1 heterocycles. The van der Waals surface area contributed by atoms with Crippen LogP contribution in [0.4, 0.5) is 0 Å². The van der Waals surface area contributed by atoms with Crippen LogP contribution in [0.5, 0.6) is 5.75 Å². The van der Waals surface area contributed by atoms with Gasteiger partial charge in [-0.2, -0.15) is 5.10 Å². The minimum atomic E-state index is -0.374. The van der Waals surface area contributed by atoms with Crippen LogP contribution in [0, 0.1) is 4.77 Å². The van der Waals surface area contributed by atoms with Gasteiger partial charge in [-0.1, -0.05) is 30.3 Å². The summed E-state index contributed by atoms with van der Waals surface area (Å²) in [5, 5.41) is 6.06. The van der Waals surface area contributed by atoms with Crippen molar-refractivity contribution in [1.29, 1.82) is 0 Å². The molecule has 0 saturated carbocycles. The molecule has 0 atom stereocenters. The number of benzene rings is 2. The SMILES string of the molecule is CCOc1ccc2ccccc2c1/C=N\NC(=O)Cc1cc(=O)[nH]c(=S)[nH]1. The molecule has 0 spiro atoms. The van der Waals surface area contributed by atoms with E-state index in [4.69, 9.17) is 17.0 Å². The summed E-state index contributed by atoms with van der Waals surface area (Å²) in [7, 11) is 0. The number of nitrogens with zero attached hydrogens (tertiary/aromatic N) is 1. The molecule has 0 bridgehead atoms. The summed E-state index contributed by atoms with van der Waals surface area (Å²) in [4.78, 5) is 28.7. The third-order valence-corrected chi connectivity index (χ3v) is 3.98. The quantitative estimate of drug-likeness (QED) is 0.347. The van der Waals surface area contributed by atoms with Gasteiger partial charge in [0.15, 0.2) is 4.77 Å². The number of hydrogen-bond donors (Lipinski definition) is 3. The van der Waals surface area contributed by atoms with Gasteiger partial charge in [0, 0.05) is 17.3 Å². The predicted molar refractivity (Wildman–Crippen MR) is 107 cm³/mol. The van der Waals surface area contributed by atoms with Gasteiger partial charge in [0.1, 0.15) is 5.75 Å². The molecule has 1 aromatic heterocycles. The predicted octanol–water partition coefficient (Wildman–Crippen LogP) is 2.68. The Morgan fingerprint density at radius 2 is 2.07 bits per heavy atom. The first-order valence-electron chi connectivity index (χ1n) is 8.36. The Bertz CT molecular complexity index is 1090. The van der Waals surface area contributed by atoms with Gasteiger partial charge >= 0.3 is 0 Å². The lowest BCUT2D eigenvalue weighted by Crippen LogP contribution is -2.21. The molecule has 0 radical (unpaired) electrons. The average molecular weight is 382 g/mol. The molecule has 3 rings (SSSR count). The van der Waals surface area contributed by atoms with E-state index in [-0.39, 0.29) is 22.7 Å². The van der Waals surface area contributed by atoms with Crippen LogP contribution in [0.3, 0.4) is 0 Å². The average Bonchev–Trinajstić information content (AvgIpc) is 2.62. The van der Waals surface area contributed by atoms with E-state index in [1.807, 2.05) is 43.3 Å². The Labute approximate surface area is 160 Å². The molecule has 3 N–H and O–H groups in total. The topological polar surface area (TPSA) is 99.3 Å². The highest BCUT2D eigenvalue weighted by Crippen LogP contribution is 2.26. The van der Waals surface area contributed by atoms with E-state index in [1.165, 1.54) is 6.07 Å². The number of rotatable bonds is 6. The molecule has 8 heteroatoms. The number of hydrogen-bond acceptors (Lipinski definition) is 5. The van der Waals surface area contributed by atoms with Gasteiger partial charge in [0.2, 0.25) is 5.91 Å². The molecule has 0 aliphatic heterocycles. The normalized spacial score (nSPS) is 11.0. The molecule has 0 unspecified atom stereocenters. The second kappa shape index (κ2) is 8.41. The van der Waals surface area contributed by atoms with Gasteiger partial charge in [-0.3, -0.25) is 14.6 Å². The van der Waals surface area contributed by atoms with Crippen molar-refractivity contribution in [3.05, 3.63) is 68.8 Å². The van der Waals surface area contributed by atoms with Crippen molar-refractivity contribution in [2.75, 3.05) is 6.61 Å². The highest BCUT2D eigenvalue weighted by Gasteiger charge is 2.08. The van der Waals surface area contributed by atoms with Gasteiger partial charge in [0.05, 0.1) is 19.2 Å². The first kappa shape index (κ1) is 18.5. The fraction of sp³-hybridized carbons (Fsp3) is 0.158. The molecule has 0 aliphatic rings. The third-order valence-electron chi connectivity index (χ3n) is 3.78.